The standard InChI is InChI=1S/C22H23F3N4O2/c1-29-11-2-3-16(29)10-12-31-17-8-9-18-19(13-17)27-28-20(18)26-21(30)14-4-6-15(7-5-14)22(23,24)25/h4-9,13,16H,2-3,10-12H2,1H3,(H2,26,27,28,30). The Kier molecular flexibility index (Phi) is 5.86. The van der Waals surface area contributed by atoms with Crippen molar-refractivity contribution in [3.63, 3.8) is 0 Å². The maximum Gasteiger partial charge on any atom is 0.416 e. The number of likely N-dealkylation sites (tertiary alicyclic amines) is 1. The van der Waals surface area contributed by atoms with Gasteiger partial charge in [-0.15, -0.1) is 0 Å². The van der Waals surface area contributed by atoms with Gasteiger partial charge in [0.05, 0.1) is 17.7 Å². The molecule has 1 aliphatic rings. The van der Waals surface area contributed by atoms with Gasteiger partial charge in [-0.1, -0.05) is 0 Å². The predicted octanol–water partition coefficient (Wildman–Crippen LogP) is 4.70. The Labute approximate surface area is 177 Å². The SMILES string of the molecule is CN1CCCC1CCOc1ccc2c(NC(=O)c3ccc(C(F)(F)F)cc3)n[nH]c2c1. The fourth-order valence-corrected chi connectivity index (χ4v) is 3.83. The minimum absolute atomic E-state index is 0.112. The number of alkyl halides is 3. The Morgan fingerprint density at radius 1 is 1.26 bits per heavy atom. The van der Waals surface area contributed by atoms with Crippen LogP contribution in [0.5, 0.6) is 5.75 Å². The lowest BCUT2D eigenvalue weighted by molar-refractivity contribution is -0.137. The summed E-state index contributed by atoms with van der Waals surface area (Å²) in [7, 11) is 2.13. The fraction of sp³-hybridized carbons (Fsp3) is 0.364. The van der Waals surface area contributed by atoms with E-state index in [2.05, 4.69) is 27.5 Å². The van der Waals surface area contributed by atoms with Crippen LogP contribution >= 0.6 is 0 Å². The molecule has 0 spiro atoms. The Morgan fingerprint density at radius 2 is 2.03 bits per heavy atom. The molecule has 1 amide bonds. The smallest absolute Gasteiger partial charge is 0.416 e. The van der Waals surface area contributed by atoms with Gasteiger partial charge in [-0.25, -0.2) is 0 Å². The lowest BCUT2D eigenvalue weighted by Gasteiger charge is -2.19. The van der Waals surface area contributed by atoms with Gasteiger partial charge in [-0.2, -0.15) is 18.3 Å². The number of hydrogen-bond acceptors (Lipinski definition) is 4. The van der Waals surface area contributed by atoms with E-state index < -0.39 is 17.6 Å². The lowest BCUT2D eigenvalue weighted by Crippen LogP contribution is -2.26. The van der Waals surface area contributed by atoms with Crippen molar-refractivity contribution < 1.29 is 22.7 Å². The van der Waals surface area contributed by atoms with Crippen LogP contribution in [-0.4, -0.2) is 47.2 Å². The van der Waals surface area contributed by atoms with Crippen molar-refractivity contribution in [2.24, 2.45) is 0 Å². The molecule has 2 aromatic carbocycles. The molecular formula is C22H23F3N4O2. The number of carbonyl (C=O) groups excluding carboxylic acids is 1. The van der Waals surface area contributed by atoms with Gasteiger partial charge in [0, 0.05) is 23.1 Å². The molecule has 0 saturated carbocycles. The van der Waals surface area contributed by atoms with Crippen molar-refractivity contribution in [3.05, 3.63) is 53.6 Å². The minimum atomic E-state index is -4.44. The molecule has 1 saturated heterocycles. The average molecular weight is 432 g/mol. The van der Waals surface area contributed by atoms with Crippen LogP contribution in [0.3, 0.4) is 0 Å². The molecule has 1 fully saturated rings. The highest BCUT2D eigenvalue weighted by molar-refractivity contribution is 6.07. The molecule has 0 aliphatic carbocycles. The summed E-state index contributed by atoms with van der Waals surface area (Å²) >= 11 is 0. The number of rotatable bonds is 6. The summed E-state index contributed by atoms with van der Waals surface area (Å²) in [5, 5.41) is 10.3. The number of nitrogens with one attached hydrogen (secondary N) is 2. The highest BCUT2D eigenvalue weighted by Crippen LogP contribution is 2.30. The van der Waals surface area contributed by atoms with E-state index in [4.69, 9.17) is 4.74 Å². The first-order valence-corrected chi connectivity index (χ1v) is 10.1. The molecule has 9 heteroatoms. The molecule has 1 aliphatic heterocycles. The van der Waals surface area contributed by atoms with Gasteiger partial charge in [-0.05, 0) is 69.3 Å². The number of H-pyrrole nitrogens is 1. The third kappa shape index (κ3) is 4.82. The molecule has 6 nitrogen and oxygen atoms in total. The number of benzene rings is 2. The van der Waals surface area contributed by atoms with E-state index in [-0.39, 0.29) is 5.56 Å². The van der Waals surface area contributed by atoms with Gasteiger partial charge in [0.25, 0.3) is 5.91 Å². The topological polar surface area (TPSA) is 70.2 Å². The third-order valence-corrected chi connectivity index (χ3v) is 5.63. The summed E-state index contributed by atoms with van der Waals surface area (Å²) < 4.78 is 43.9. The van der Waals surface area contributed by atoms with Crippen LogP contribution in [0.25, 0.3) is 10.9 Å². The zero-order chi connectivity index (χ0) is 22.0. The highest BCUT2D eigenvalue weighted by Gasteiger charge is 2.30. The number of anilines is 1. The van der Waals surface area contributed by atoms with Crippen LogP contribution < -0.4 is 10.1 Å². The molecule has 1 atom stereocenters. The summed E-state index contributed by atoms with van der Waals surface area (Å²) in [4.78, 5) is 14.8. The fourth-order valence-electron chi connectivity index (χ4n) is 3.83. The normalized spacial score (nSPS) is 17.2. The van der Waals surface area contributed by atoms with E-state index in [0.717, 1.165) is 37.2 Å². The molecule has 4 rings (SSSR count). The minimum Gasteiger partial charge on any atom is -0.493 e. The summed E-state index contributed by atoms with van der Waals surface area (Å²) in [5.41, 5.74) is 0.000521. The molecule has 0 radical (unpaired) electrons. The summed E-state index contributed by atoms with van der Waals surface area (Å²) in [6.45, 7) is 1.75. The van der Waals surface area contributed by atoms with E-state index in [1.165, 1.54) is 12.8 Å². The van der Waals surface area contributed by atoms with Crippen molar-refractivity contribution >= 4 is 22.6 Å². The third-order valence-electron chi connectivity index (χ3n) is 5.63. The molecule has 2 N–H and O–H groups in total. The zero-order valence-corrected chi connectivity index (χ0v) is 17.0. The second-order valence-corrected chi connectivity index (χ2v) is 7.72. The molecule has 31 heavy (non-hydrogen) atoms. The summed E-state index contributed by atoms with van der Waals surface area (Å²) in [5.74, 6) is 0.472. The Hall–Kier alpha value is -3.07. The van der Waals surface area contributed by atoms with Crippen molar-refractivity contribution in [3.8, 4) is 5.75 Å². The Balaban J connectivity index is 1.39. The van der Waals surface area contributed by atoms with Crippen LogP contribution in [0.4, 0.5) is 19.0 Å². The number of halogens is 3. The van der Waals surface area contributed by atoms with Crippen molar-refractivity contribution in [1.29, 1.82) is 0 Å². The first-order valence-electron chi connectivity index (χ1n) is 10.1. The number of aromatic amines is 1. The lowest BCUT2D eigenvalue weighted by atomic mass is 10.1. The van der Waals surface area contributed by atoms with Crippen LogP contribution in [0.1, 0.15) is 35.2 Å². The molecule has 2 heterocycles. The zero-order valence-electron chi connectivity index (χ0n) is 17.0. The molecular weight excluding hydrogens is 409 g/mol. The van der Waals surface area contributed by atoms with Gasteiger partial charge in [0.15, 0.2) is 5.82 Å². The second kappa shape index (κ2) is 8.58. The number of aromatic nitrogens is 2. The van der Waals surface area contributed by atoms with Crippen LogP contribution in [0.2, 0.25) is 0 Å². The number of carbonyl (C=O) groups is 1. The molecule has 3 aromatic rings. The van der Waals surface area contributed by atoms with Gasteiger partial charge in [0.1, 0.15) is 5.75 Å². The predicted molar refractivity (Wildman–Crippen MR) is 111 cm³/mol. The molecule has 164 valence electrons. The first kappa shape index (κ1) is 21.2. The monoisotopic (exact) mass is 432 g/mol. The van der Waals surface area contributed by atoms with Crippen LogP contribution in [0.15, 0.2) is 42.5 Å². The summed E-state index contributed by atoms with van der Waals surface area (Å²) in [6, 6.07) is 10.0. The highest BCUT2D eigenvalue weighted by atomic mass is 19.4. The van der Waals surface area contributed by atoms with Gasteiger partial charge >= 0.3 is 6.18 Å². The van der Waals surface area contributed by atoms with E-state index >= 15 is 0 Å². The van der Waals surface area contributed by atoms with E-state index in [9.17, 15) is 18.0 Å². The van der Waals surface area contributed by atoms with Gasteiger partial charge < -0.3 is 15.0 Å². The number of amides is 1. The van der Waals surface area contributed by atoms with Crippen molar-refractivity contribution in [2.75, 3.05) is 25.5 Å². The maximum atomic E-state index is 12.7. The van der Waals surface area contributed by atoms with E-state index in [1.54, 1.807) is 6.07 Å². The van der Waals surface area contributed by atoms with Crippen molar-refractivity contribution in [1.82, 2.24) is 15.1 Å². The molecule has 0 bridgehead atoms. The first-order chi connectivity index (χ1) is 14.8. The molecule has 1 aromatic heterocycles. The largest absolute Gasteiger partial charge is 0.493 e. The summed E-state index contributed by atoms with van der Waals surface area (Å²) in [6.07, 6.45) is -1.06. The van der Waals surface area contributed by atoms with Gasteiger partial charge in [-0.3, -0.25) is 9.89 Å². The quantitative estimate of drug-likeness (QED) is 0.593. The average Bonchev–Trinajstić information content (AvgIpc) is 3.33. The Morgan fingerprint density at radius 3 is 2.71 bits per heavy atom. The number of ether oxygens (including phenoxy) is 1. The number of hydrogen-bond donors (Lipinski definition) is 2. The maximum absolute atomic E-state index is 12.7. The van der Waals surface area contributed by atoms with Crippen LogP contribution in [0, 0.1) is 0 Å². The van der Waals surface area contributed by atoms with E-state index in [0.29, 0.717) is 35.1 Å². The van der Waals surface area contributed by atoms with Crippen molar-refractivity contribution in [2.45, 2.75) is 31.5 Å². The van der Waals surface area contributed by atoms with Crippen LogP contribution in [-0.2, 0) is 6.18 Å². The molecule has 1 unspecified atom stereocenters. The number of nitrogens with zero attached hydrogens (tertiary/aromatic N) is 2. The van der Waals surface area contributed by atoms with E-state index in [1.807, 2.05) is 12.1 Å². The van der Waals surface area contributed by atoms with Gasteiger partial charge in [0.2, 0.25) is 0 Å². The Bertz CT molecular complexity index is 1060. The number of fused-ring (bicyclic) bond motifs is 1. The second-order valence-electron chi connectivity index (χ2n) is 7.72.